The summed E-state index contributed by atoms with van der Waals surface area (Å²) in [4.78, 5) is 7.75. The van der Waals surface area contributed by atoms with Crippen LogP contribution in [0.1, 0.15) is 5.69 Å². The molecule has 0 aliphatic heterocycles. The molecule has 0 saturated heterocycles. The van der Waals surface area contributed by atoms with Gasteiger partial charge in [0.15, 0.2) is 0 Å². The van der Waals surface area contributed by atoms with E-state index in [1.54, 1.807) is 6.20 Å². The predicted molar refractivity (Wildman–Crippen MR) is 44.5 cm³/mol. The molecule has 0 spiro atoms. The Labute approximate surface area is 72.8 Å². The lowest BCUT2D eigenvalue weighted by atomic mass is 10.3. The Morgan fingerprint density at radius 1 is 1.60 bits per heavy atom. The zero-order chi connectivity index (χ0) is 7.40. The summed E-state index contributed by atoms with van der Waals surface area (Å²) in [5, 5.41) is 1.22. The molecule has 1 heterocycles. The van der Waals surface area contributed by atoms with Crippen molar-refractivity contribution in [3.63, 3.8) is 0 Å². The third kappa shape index (κ3) is 2.23. The summed E-state index contributed by atoms with van der Waals surface area (Å²) in [6.45, 7) is 0. The second-order valence-corrected chi connectivity index (χ2v) is 2.89. The average Bonchev–Trinajstić information content (AvgIpc) is 1.88. The van der Waals surface area contributed by atoms with Crippen LogP contribution >= 0.6 is 27.5 Å². The first-order valence-corrected chi connectivity index (χ1v) is 4.36. The summed E-state index contributed by atoms with van der Waals surface area (Å²) in [5.41, 5.74) is 0.969. The molecular formula is C6H6BrClN2. The van der Waals surface area contributed by atoms with Crippen LogP contribution in [0.4, 0.5) is 0 Å². The van der Waals surface area contributed by atoms with Gasteiger partial charge in [0, 0.05) is 17.2 Å². The minimum absolute atomic E-state index is 0.318. The lowest BCUT2D eigenvalue weighted by Crippen LogP contribution is -1.91. The molecule has 0 bridgehead atoms. The van der Waals surface area contributed by atoms with Gasteiger partial charge < -0.3 is 0 Å². The van der Waals surface area contributed by atoms with E-state index in [4.69, 9.17) is 11.6 Å². The monoisotopic (exact) mass is 220 g/mol. The van der Waals surface area contributed by atoms with Gasteiger partial charge in [-0.25, -0.2) is 9.97 Å². The third-order valence-electron chi connectivity index (χ3n) is 1.03. The van der Waals surface area contributed by atoms with Crippen LogP contribution in [0, 0.1) is 0 Å². The standard InChI is InChI=1S/C6H6BrClN2/c7-3-1-5-2-4-9-6(8)10-5/h2,4H,1,3H2. The summed E-state index contributed by atoms with van der Waals surface area (Å²) in [6.07, 6.45) is 2.55. The fourth-order valence-electron chi connectivity index (χ4n) is 0.605. The SMILES string of the molecule is Clc1nccc(CCBr)n1. The van der Waals surface area contributed by atoms with Crippen LogP contribution in [-0.4, -0.2) is 15.3 Å². The summed E-state index contributed by atoms with van der Waals surface area (Å²) < 4.78 is 0. The Bertz CT molecular complexity index is 217. The van der Waals surface area contributed by atoms with E-state index < -0.39 is 0 Å². The topological polar surface area (TPSA) is 25.8 Å². The lowest BCUT2D eigenvalue weighted by Gasteiger charge is -1.94. The van der Waals surface area contributed by atoms with Gasteiger partial charge >= 0.3 is 0 Å². The number of alkyl halides is 1. The van der Waals surface area contributed by atoms with Gasteiger partial charge in [-0.05, 0) is 24.1 Å². The Kier molecular flexibility index (Phi) is 3.09. The van der Waals surface area contributed by atoms with Crippen molar-refractivity contribution in [1.29, 1.82) is 0 Å². The summed E-state index contributed by atoms with van der Waals surface area (Å²) in [6, 6.07) is 1.85. The molecule has 0 N–H and O–H groups in total. The molecule has 0 aliphatic rings. The first-order chi connectivity index (χ1) is 4.83. The second-order valence-electron chi connectivity index (χ2n) is 1.76. The molecule has 0 saturated carbocycles. The molecule has 0 fully saturated rings. The van der Waals surface area contributed by atoms with Crippen LogP contribution < -0.4 is 0 Å². The number of aromatic nitrogens is 2. The number of hydrogen-bond acceptors (Lipinski definition) is 2. The third-order valence-corrected chi connectivity index (χ3v) is 1.61. The highest BCUT2D eigenvalue weighted by atomic mass is 79.9. The minimum atomic E-state index is 0.318. The molecule has 0 aliphatic carbocycles. The number of hydrogen-bond donors (Lipinski definition) is 0. The van der Waals surface area contributed by atoms with E-state index in [1.165, 1.54) is 0 Å². The molecule has 10 heavy (non-hydrogen) atoms. The Hall–Kier alpha value is -0.150. The maximum absolute atomic E-state index is 5.54. The molecule has 54 valence electrons. The van der Waals surface area contributed by atoms with Crippen molar-refractivity contribution in [3.8, 4) is 0 Å². The molecule has 1 rings (SSSR count). The fourth-order valence-corrected chi connectivity index (χ4v) is 1.18. The van der Waals surface area contributed by atoms with Gasteiger partial charge in [0.2, 0.25) is 5.28 Å². The van der Waals surface area contributed by atoms with Gasteiger partial charge in [-0.15, -0.1) is 0 Å². The van der Waals surface area contributed by atoms with E-state index in [0.29, 0.717) is 5.28 Å². The maximum Gasteiger partial charge on any atom is 0.222 e. The molecule has 1 aromatic heterocycles. The van der Waals surface area contributed by atoms with E-state index in [9.17, 15) is 0 Å². The number of halogens is 2. The Morgan fingerprint density at radius 2 is 2.40 bits per heavy atom. The van der Waals surface area contributed by atoms with E-state index in [2.05, 4.69) is 25.9 Å². The predicted octanol–water partition coefficient (Wildman–Crippen LogP) is 2.07. The van der Waals surface area contributed by atoms with E-state index in [0.717, 1.165) is 17.4 Å². The Morgan fingerprint density at radius 3 is 3.00 bits per heavy atom. The molecule has 0 aromatic carbocycles. The number of nitrogens with zero attached hydrogens (tertiary/aromatic N) is 2. The highest BCUT2D eigenvalue weighted by Crippen LogP contribution is 2.02. The summed E-state index contributed by atoms with van der Waals surface area (Å²) in [5.74, 6) is 0. The van der Waals surface area contributed by atoms with Gasteiger partial charge in [-0.3, -0.25) is 0 Å². The van der Waals surface area contributed by atoms with E-state index in [1.807, 2.05) is 6.07 Å². The molecule has 4 heteroatoms. The molecule has 2 nitrogen and oxygen atoms in total. The highest BCUT2D eigenvalue weighted by Gasteiger charge is 1.93. The van der Waals surface area contributed by atoms with Crippen LogP contribution in [0.15, 0.2) is 12.3 Å². The normalized spacial score (nSPS) is 9.80. The zero-order valence-corrected chi connectivity index (χ0v) is 7.56. The summed E-state index contributed by atoms with van der Waals surface area (Å²) >= 11 is 8.85. The minimum Gasteiger partial charge on any atom is -0.227 e. The van der Waals surface area contributed by atoms with Crippen LogP contribution in [0.3, 0.4) is 0 Å². The van der Waals surface area contributed by atoms with Crippen molar-refractivity contribution in [3.05, 3.63) is 23.2 Å². The van der Waals surface area contributed by atoms with Crippen molar-refractivity contribution >= 4 is 27.5 Å². The molecular weight excluding hydrogens is 215 g/mol. The maximum atomic E-state index is 5.54. The summed E-state index contributed by atoms with van der Waals surface area (Å²) in [7, 11) is 0. The second kappa shape index (κ2) is 3.88. The Balaban J connectivity index is 2.75. The van der Waals surface area contributed by atoms with Crippen molar-refractivity contribution < 1.29 is 0 Å². The molecule has 0 atom stereocenters. The molecule has 1 aromatic rings. The van der Waals surface area contributed by atoms with E-state index >= 15 is 0 Å². The van der Waals surface area contributed by atoms with Crippen molar-refractivity contribution in [1.82, 2.24) is 9.97 Å². The first kappa shape index (κ1) is 7.95. The van der Waals surface area contributed by atoms with Crippen molar-refractivity contribution in [2.75, 3.05) is 5.33 Å². The molecule has 0 amide bonds. The lowest BCUT2D eigenvalue weighted by molar-refractivity contribution is 1.01. The van der Waals surface area contributed by atoms with Gasteiger partial charge in [0.25, 0.3) is 0 Å². The molecule has 0 unspecified atom stereocenters. The number of aryl methyl sites for hydroxylation is 1. The van der Waals surface area contributed by atoms with Crippen LogP contribution in [0.25, 0.3) is 0 Å². The van der Waals surface area contributed by atoms with Crippen LogP contribution in [0.5, 0.6) is 0 Å². The van der Waals surface area contributed by atoms with Crippen molar-refractivity contribution in [2.45, 2.75) is 6.42 Å². The number of rotatable bonds is 2. The van der Waals surface area contributed by atoms with Crippen LogP contribution in [-0.2, 0) is 6.42 Å². The van der Waals surface area contributed by atoms with Crippen LogP contribution in [0.2, 0.25) is 5.28 Å². The van der Waals surface area contributed by atoms with Gasteiger partial charge in [0.1, 0.15) is 0 Å². The van der Waals surface area contributed by atoms with Gasteiger partial charge in [-0.2, -0.15) is 0 Å². The van der Waals surface area contributed by atoms with E-state index in [-0.39, 0.29) is 0 Å². The quantitative estimate of drug-likeness (QED) is 0.564. The largest absolute Gasteiger partial charge is 0.227 e. The average molecular weight is 221 g/mol. The fraction of sp³-hybridized carbons (Fsp3) is 0.333. The molecule has 0 radical (unpaired) electrons. The zero-order valence-electron chi connectivity index (χ0n) is 5.22. The smallest absolute Gasteiger partial charge is 0.222 e. The van der Waals surface area contributed by atoms with Gasteiger partial charge in [0.05, 0.1) is 0 Å². The highest BCUT2D eigenvalue weighted by molar-refractivity contribution is 9.09. The van der Waals surface area contributed by atoms with Gasteiger partial charge in [-0.1, -0.05) is 15.9 Å². The van der Waals surface area contributed by atoms with Crippen molar-refractivity contribution in [2.24, 2.45) is 0 Å². The first-order valence-electron chi connectivity index (χ1n) is 2.86.